The smallest absolute Gasteiger partial charge is 0.193 e. The second-order valence-electron chi connectivity index (χ2n) is 5.64. The van der Waals surface area contributed by atoms with Gasteiger partial charge in [0.1, 0.15) is 0 Å². The standard InChI is InChI=1S/C20H15N2/c21-13-16-8-9-17-12-20-18(19(17)11-16)7-4-10-22(20)14-15-5-2-1-3-6-15/h1-11H,12,14H2/q+1. The Kier molecular flexibility index (Phi) is 2.98. The van der Waals surface area contributed by atoms with Crippen molar-refractivity contribution < 1.29 is 4.57 Å². The van der Waals surface area contributed by atoms with Crippen LogP contribution in [0.5, 0.6) is 0 Å². The van der Waals surface area contributed by atoms with Crippen molar-refractivity contribution in [2.24, 2.45) is 0 Å². The van der Waals surface area contributed by atoms with Gasteiger partial charge in [-0.25, -0.2) is 0 Å². The third-order valence-electron chi connectivity index (χ3n) is 4.27. The van der Waals surface area contributed by atoms with Gasteiger partial charge in [-0.3, -0.25) is 0 Å². The van der Waals surface area contributed by atoms with Gasteiger partial charge in [0, 0.05) is 17.2 Å². The fourth-order valence-corrected chi connectivity index (χ4v) is 3.19. The minimum Gasteiger partial charge on any atom is -0.197 e. The van der Waals surface area contributed by atoms with Gasteiger partial charge >= 0.3 is 0 Å². The van der Waals surface area contributed by atoms with Crippen molar-refractivity contribution in [3.63, 3.8) is 0 Å². The van der Waals surface area contributed by atoms with Crippen LogP contribution in [0.3, 0.4) is 0 Å². The molecule has 104 valence electrons. The van der Waals surface area contributed by atoms with Crippen molar-refractivity contribution in [2.75, 3.05) is 0 Å². The van der Waals surface area contributed by atoms with Crippen molar-refractivity contribution >= 4 is 0 Å². The van der Waals surface area contributed by atoms with Crippen LogP contribution in [-0.2, 0) is 13.0 Å². The summed E-state index contributed by atoms with van der Waals surface area (Å²) in [7, 11) is 0. The summed E-state index contributed by atoms with van der Waals surface area (Å²) in [6.45, 7) is 0.878. The average Bonchev–Trinajstić information content (AvgIpc) is 2.95. The van der Waals surface area contributed by atoms with E-state index in [1.54, 1.807) is 0 Å². The SMILES string of the molecule is N#Cc1ccc2c(c1)-c1ccc[n+](Cc3ccccc3)c1C2. The molecule has 1 heterocycles. The summed E-state index contributed by atoms with van der Waals surface area (Å²) in [5, 5.41) is 9.11. The molecule has 0 fully saturated rings. The lowest BCUT2D eigenvalue weighted by molar-refractivity contribution is -0.694. The molecule has 4 rings (SSSR count). The Morgan fingerprint density at radius 3 is 2.64 bits per heavy atom. The molecule has 0 unspecified atom stereocenters. The molecule has 0 aliphatic heterocycles. The zero-order valence-electron chi connectivity index (χ0n) is 12.2. The highest BCUT2D eigenvalue weighted by molar-refractivity contribution is 5.75. The van der Waals surface area contributed by atoms with Crippen molar-refractivity contribution in [2.45, 2.75) is 13.0 Å². The lowest BCUT2D eigenvalue weighted by atomic mass is 10.0. The summed E-state index contributed by atoms with van der Waals surface area (Å²) in [5.74, 6) is 0. The molecule has 2 nitrogen and oxygen atoms in total. The average molecular weight is 283 g/mol. The van der Waals surface area contributed by atoms with E-state index in [9.17, 15) is 0 Å². The maximum Gasteiger partial charge on any atom is 0.193 e. The molecule has 0 radical (unpaired) electrons. The van der Waals surface area contributed by atoms with Crippen LogP contribution in [0.1, 0.15) is 22.4 Å². The predicted molar refractivity (Wildman–Crippen MR) is 85.1 cm³/mol. The summed E-state index contributed by atoms with van der Waals surface area (Å²) in [6.07, 6.45) is 3.08. The third kappa shape index (κ3) is 2.08. The Balaban J connectivity index is 1.78. The molecule has 2 aromatic carbocycles. The number of nitrogens with zero attached hydrogens (tertiary/aromatic N) is 2. The summed E-state index contributed by atoms with van der Waals surface area (Å²) < 4.78 is 2.32. The number of pyridine rings is 1. The van der Waals surface area contributed by atoms with Gasteiger partial charge in [0.2, 0.25) is 0 Å². The summed E-state index contributed by atoms with van der Waals surface area (Å²) in [6, 6.07) is 23.0. The Morgan fingerprint density at radius 2 is 1.82 bits per heavy atom. The van der Waals surface area contributed by atoms with Crippen LogP contribution in [0.2, 0.25) is 0 Å². The summed E-state index contributed by atoms with van der Waals surface area (Å²) in [4.78, 5) is 0. The Bertz CT molecular complexity index is 889. The molecule has 0 spiro atoms. The minimum atomic E-state index is 0.727. The second kappa shape index (κ2) is 5.13. The van der Waals surface area contributed by atoms with E-state index in [0.29, 0.717) is 0 Å². The second-order valence-corrected chi connectivity index (χ2v) is 5.64. The highest BCUT2D eigenvalue weighted by atomic mass is 15.0. The quantitative estimate of drug-likeness (QED) is 0.518. The van der Waals surface area contributed by atoms with Crippen LogP contribution in [-0.4, -0.2) is 0 Å². The summed E-state index contributed by atoms with van der Waals surface area (Å²) in [5.41, 5.74) is 7.13. The molecule has 0 saturated carbocycles. The lowest BCUT2D eigenvalue weighted by Gasteiger charge is -2.03. The van der Waals surface area contributed by atoms with E-state index in [4.69, 9.17) is 5.26 Å². The number of fused-ring (bicyclic) bond motifs is 3. The largest absolute Gasteiger partial charge is 0.197 e. The van der Waals surface area contributed by atoms with Crippen molar-refractivity contribution in [1.29, 1.82) is 5.26 Å². The number of nitriles is 1. The first-order chi connectivity index (χ1) is 10.8. The van der Waals surface area contributed by atoms with Crippen molar-refractivity contribution in [3.8, 4) is 17.2 Å². The molecule has 0 atom stereocenters. The Labute approximate surface area is 129 Å². The van der Waals surface area contributed by atoms with Crippen LogP contribution < -0.4 is 4.57 Å². The lowest BCUT2D eigenvalue weighted by Crippen LogP contribution is -2.38. The number of aromatic nitrogens is 1. The van der Waals surface area contributed by atoms with Crippen LogP contribution >= 0.6 is 0 Å². The van der Waals surface area contributed by atoms with E-state index in [2.05, 4.69) is 59.3 Å². The molecule has 0 saturated heterocycles. The van der Waals surface area contributed by atoms with E-state index in [-0.39, 0.29) is 0 Å². The topological polar surface area (TPSA) is 27.7 Å². The van der Waals surface area contributed by atoms with Gasteiger partial charge < -0.3 is 0 Å². The maximum absolute atomic E-state index is 9.11. The summed E-state index contributed by atoms with van der Waals surface area (Å²) >= 11 is 0. The molecule has 1 aromatic heterocycles. The van der Waals surface area contributed by atoms with Crippen LogP contribution in [0.4, 0.5) is 0 Å². The van der Waals surface area contributed by atoms with Gasteiger partial charge in [-0.2, -0.15) is 9.83 Å². The molecule has 22 heavy (non-hydrogen) atoms. The predicted octanol–water partition coefficient (Wildman–Crippen LogP) is 3.47. The van der Waals surface area contributed by atoms with Gasteiger partial charge in [-0.05, 0) is 29.3 Å². The number of benzene rings is 2. The Hall–Kier alpha value is -2.92. The van der Waals surface area contributed by atoms with E-state index in [1.807, 2.05) is 18.2 Å². The van der Waals surface area contributed by atoms with Gasteiger partial charge in [0.25, 0.3) is 0 Å². The van der Waals surface area contributed by atoms with Crippen molar-refractivity contribution in [1.82, 2.24) is 0 Å². The van der Waals surface area contributed by atoms with Crippen LogP contribution in [0.15, 0.2) is 66.9 Å². The van der Waals surface area contributed by atoms with Gasteiger partial charge in [-0.1, -0.05) is 36.4 Å². The van der Waals surface area contributed by atoms with Crippen LogP contribution in [0.25, 0.3) is 11.1 Å². The number of hydrogen-bond donors (Lipinski definition) is 0. The monoisotopic (exact) mass is 283 g/mol. The van der Waals surface area contributed by atoms with Crippen LogP contribution in [0, 0.1) is 11.3 Å². The molecule has 1 aliphatic carbocycles. The fourth-order valence-electron chi connectivity index (χ4n) is 3.19. The number of hydrogen-bond acceptors (Lipinski definition) is 1. The zero-order chi connectivity index (χ0) is 14.9. The molecule has 0 N–H and O–H groups in total. The number of rotatable bonds is 2. The normalized spacial score (nSPS) is 11.6. The van der Waals surface area contributed by atoms with E-state index in [1.165, 1.54) is 27.9 Å². The van der Waals surface area contributed by atoms with Crippen molar-refractivity contribution in [3.05, 3.63) is 89.2 Å². The molecule has 0 bridgehead atoms. The molecular weight excluding hydrogens is 268 g/mol. The first kappa shape index (κ1) is 12.8. The first-order valence-corrected chi connectivity index (χ1v) is 7.44. The fraction of sp³-hybridized carbons (Fsp3) is 0.100. The molecule has 3 aromatic rings. The third-order valence-corrected chi connectivity index (χ3v) is 4.27. The van der Waals surface area contributed by atoms with Gasteiger partial charge in [-0.15, -0.1) is 0 Å². The van der Waals surface area contributed by atoms with E-state index >= 15 is 0 Å². The Morgan fingerprint density at radius 1 is 0.955 bits per heavy atom. The van der Waals surface area contributed by atoms with E-state index in [0.717, 1.165) is 18.5 Å². The van der Waals surface area contributed by atoms with Gasteiger partial charge in [0.05, 0.1) is 18.1 Å². The molecule has 1 aliphatic rings. The minimum absolute atomic E-state index is 0.727. The zero-order valence-corrected chi connectivity index (χ0v) is 12.2. The maximum atomic E-state index is 9.11. The molecular formula is C20H15N2+. The molecule has 0 amide bonds. The van der Waals surface area contributed by atoms with Gasteiger partial charge in [0.15, 0.2) is 18.4 Å². The van der Waals surface area contributed by atoms with E-state index < -0.39 is 0 Å². The first-order valence-electron chi connectivity index (χ1n) is 7.44. The highest BCUT2D eigenvalue weighted by Crippen LogP contribution is 2.35. The highest BCUT2D eigenvalue weighted by Gasteiger charge is 2.26. The molecule has 2 heteroatoms.